The van der Waals surface area contributed by atoms with Crippen LogP contribution >= 0.6 is 11.8 Å². The standard InChI is InChI=1S/C12H19N5OS/c1-9(2)5-17-11(14-8-15-17)7-19-12-13-4-10(6-18)16(12)3/h4,8-9,18H,5-7H2,1-3H3. The lowest BCUT2D eigenvalue weighted by atomic mass is 10.2. The van der Waals surface area contributed by atoms with E-state index >= 15 is 0 Å². The first-order chi connectivity index (χ1) is 9.11. The molecule has 0 aliphatic carbocycles. The van der Waals surface area contributed by atoms with Gasteiger partial charge in [-0.05, 0) is 5.92 Å². The lowest BCUT2D eigenvalue weighted by molar-refractivity contribution is 0.271. The Labute approximate surface area is 116 Å². The van der Waals surface area contributed by atoms with Gasteiger partial charge in [-0.15, -0.1) is 0 Å². The van der Waals surface area contributed by atoms with E-state index in [0.29, 0.717) is 5.92 Å². The second kappa shape index (κ2) is 6.21. The van der Waals surface area contributed by atoms with E-state index in [1.54, 1.807) is 24.3 Å². The van der Waals surface area contributed by atoms with E-state index in [1.165, 1.54) is 0 Å². The summed E-state index contributed by atoms with van der Waals surface area (Å²) in [6.07, 6.45) is 3.29. The number of hydrogen-bond donors (Lipinski definition) is 1. The minimum Gasteiger partial charge on any atom is -0.390 e. The first kappa shape index (κ1) is 14.1. The van der Waals surface area contributed by atoms with Crippen molar-refractivity contribution in [3.05, 3.63) is 24.0 Å². The molecule has 1 N–H and O–H groups in total. The van der Waals surface area contributed by atoms with Crippen molar-refractivity contribution >= 4 is 11.8 Å². The molecule has 0 atom stereocenters. The van der Waals surface area contributed by atoms with E-state index in [0.717, 1.165) is 29.0 Å². The minimum atomic E-state index is 0.00753. The van der Waals surface area contributed by atoms with Gasteiger partial charge in [0, 0.05) is 13.6 Å². The molecule has 7 heteroatoms. The summed E-state index contributed by atoms with van der Waals surface area (Å²) in [6.45, 7) is 5.20. The summed E-state index contributed by atoms with van der Waals surface area (Å²) in [5, 5.41) is 14.2. The van der Waals surface area contributed by atoms with Crippen molar-refractivity contribution in [3.63, 3.8) is 0 Å². The van der Waals surface area contributed by atoms with Crippen molar-refractivity contribution in [3.8, 4) is 0 Å². The Morgan fingerprint density at radius 1 is 1.37 bits per heavy atom. The average Bonchev–Trinajstić information content (AvgIpc) is 2.93. The number of aromatic nitrogens is 5. The smallest absolute Gasteiger partial charge is 0.168 e. The number of imidazole rings is 1. The molecule has 0 bridgehead atoms. The lowest BCUT2D eigenvalue weighted by Crippen LogP contribution is -2.09. The summed E-state index contributed by atoms with van der Waals surface area (Å²) in [5.41, 5.74) is 0.811. The van der Waals surface area contributed by atoms with Gasteiger partial charge in [0.15, 0.2) is 5.16 Å². The van der Waals surface area contributed by atoms with E-state index in [1.807, 2.05) is 16.3 Å². The molecule has 104 valence electrons. The van der Waals surface area contributed by atoms with Crippen molar-refractivity contribution < 1.29 is 5.11 Å². The molecule has 0 fully saturated rings. The highest BCUT2D eigenvalue weighted by Crippen LogP contribution is 2.21. The fourth-order valence-corrected chi connectivity index (χ4v) is 2.65. The summed E-state index contributed by atoms with van der Waals surface area (Å²) in [7, 11) is 1.90. The molecule has 19 heavy (non-hydrogen) atoms. The topological polar surface area (TPSA) is 68.8 Å². The number of nitrogens with zero attached hydrogens (tertiary/aromatic N) is 5. The molecule has 0 saturated carbocycles. The van der Waals surface area contributed by atoms with Gasteiger partial charge in [0.2, 0.25) is 0 Å². The van der Waals surface area contributed by atoms with Gasteiger partial charge < -0.3 is 9.67 Å². The molecule has 2 aromatic rings. The van der Waals surface area contributed by atoms with Gasteiger partial charge in [0.25, 0.3) is 0 Å². The summed E-state index contributed by atoms with van der Waals surface area (Å²) in [5.74, 6) is 2.22. The van der Waals surface area contributed by atoms with Crippen LogP contribution in [0.3, 0.4) is 0 Å². The average molecular weight is 281 g/mol. The van der Waals surface area contributed by atoms with Crippen LogP contribution in [0.15, 0.2) is 17.7 Å². The largest absolute Gasteiger partial charge is 0.390 e. The van der Waals surface area contributed by atoms with E-state index in [-0.39, 0.29) is 6.61 Å². The molecule has 2 heterocycles. The Morgan fingerprint density at radius 2 is 2.16 bits per heavy atom. The molecular weight excluding hydrogens is 262 g/mol. The van der Waals surface area contributed by atoms with E-state index < -0.39 is 0 Å². The fourth-order valence-electron chi connectivity index (χ4n) is 1.73. The molecular formula is C12H19N5OS. The third-order valence-corrected chi connectivity index (χ3v) is 3.81. The maximum absolute atomic E-state index is 9.13. The molecule has 0 aliphatic heterocycles. The summed E-state index contributed by atoms with van der Waals surface area (Å²) >= 11 is 1.60. The highest BCUT2D eigenvalue weighted by atomic mass is 32.2. The van der Waals surface area contributed by atoms with Gasteiger partial charge in [-0.2, -0.15) is 5.10 Å². The van der Waals surface area contributed by atoms with Gasteiger partial charge in [-0.3, -0.25) is 0 Å². The molecule has 2 rings (SSSR count). The molecule has 0 saturated heterocycles. The Kier molecular flexibility index (Phi) is 4.60. The first-order valence-electron chi connectivity index (χ1n) is 6.22. The van der Waals surface area contributed by atoms with Crippen molar-refractivity contribution in [2.24, 2.45) is 13.0 Å². The maximum Gasteiger partial charge on any atom is 0.168 e. The monoisotopic (exact) mass is 281 g/mol. The van der Waals surface area contributed by atoms with Gasteiger partial charge in [-0.1, -0.05) is 25.6 Å². The molecule has 0 spiro atoms. The van der Waals surface area contributed by atoms with Crippen LogP contribution in [0.4, 0.5) is 0 Å². The zero-order chi connectivity index (χ0) is 13.8. The molecule has 0 amide bonds. The maximum atomic E-state index is 9.13. The number of rotatable bonds is 6. The number of aliphatic hydroxyl groups excluding tert-OH is 1. The molecule has 0 aliphatic rings. The molecule has 0 unspecified atom stereocenters. The van der Waals surface area contributed by atoms with E-state index in [4.69, 9.17) is 5.11 Å². The highest BCUT2D eigenvalue weighted by Gasteiger charge is 2.10. The molecule has 0 radical (unpaired) electrons. The van der Waals surface area contributed by atoms with Gasteiger partial charge in [0.05, 0.1) is 24.3 Å². The number of aliphatic hydroxyl groups is 1. The molecule has 6 nitrogen and oxygen atoms in total. The summed E-state index contributed by atoms with van der Waals surface area (Å²) < 4.78 is 3.83. The predicted molar refractivity (Wildman–Crippen MR) is 73.6 cm³/mol. The SMILES string of the molecule is CC(C)Cn1ncnc1CSc1ncc(CO)n1C. The van der Waals surface area contributed by atoms with Gasteiger partial charge in [-0.25, -0.2) is 14.6 Å². The first-order valence-corrected chi connectivity index (χ1v) is 7.21. The van der Waals surface area contributed by atoms with Crippen molar-refractivity contribution in [2.45, 2.75) is 37.9 Å². The van der Waals surface area contributed by atoms with Crippen LogP contribution in [-0.2, 0) is 26.0 Å². The zero-order valence-corrected chi connectivity index (χ0v) is 12.3. The minimum absolute atomic E-state index is 0.00753. The quantitative estimate of drug-likeness (QED) is 0.812. The van der Waals surface area contributed by atoms with Crippen molar-refractivity contribution in [1.82, 2.24) is 24.3 Å². The zero-order valence-electron chi connectivity index (χ0n) is 11.4. The van der Waals surface area contributed by atoms with Crippen LogP contribution in [0, 0.1) is 5.92 Å². The lowest BCUT2D eigenvalue weighted by Gasteiger charge is -2.08. The van der Waals surface area contributed by atoms with Crippen LogP contribution < -0.4 is 0 Å². The second-order valence-corrected chi connectivity index (χ2v) is 5.73. The van der Waals surface area contributed by atoms with E-state index in [2.05, 4.69) is 28.9 Å². The number of thioether (sulfide) groups is 1. The molecule has 2 aromatic heterocycles. The Hall–Kier alpha value is -1.34. The van der Waals surface area contributed by atoms with E-state index in [9.17, 15) is 0 Å². The highest BCUT2D eigenvalue weighted by molar-refractivity contribution is 7.98. The summed E-state index contributed by atoms with van der Waals surface area (Å²) in [6, 6.07) is 0. The van der Waals surface area contributed by atoms with Gasteiger partial charge >= 0.3 is 0 Å². The number of hydrogen-bond acceptors (Lipinski definition) is 5. The third kappa shape index (κ3) is 3.36. The summed E-state index contributed by atoms with van der Waals surface area (Å²) in [4.78, 5) is 8.57. The van der Waals surface area contributed by atoms with Crippen molar-refractivity contribution in [2.75, 3.05) is 0 Å². The van der Waals surface area contributed by atoms with Crippen molar-refractivity contribution in [1.29, 1.82) is 0 Å². The Bertz CT molecular complexity index is 534. The van der Waals surface area contributed by atoms with Crippen LogP contribution in [0.5, 0.6) is 0 Å². The van der Waals surface area contributed by atoms with Crippen LogP contribution in [0.25, 0.3) is 0 Å². The van der Waals surface area contributed by atoms with Gasteiger partial charge in [0.1, 0.15) is 12.2 Å². The Balaban J connectivity index is 2.02. The third-order valence-electron chi connectivity index (χ3n) is 2.77. The Morgan fingerprint density at radius 3 is 2.79 bits per heavy atom. The molecule has 0 aromatic carbocycles. The van der Waals surface area contributed by atoms with Crippen LogP contribution in [0.2, 0.25) is 0 Å². The van der Waals surface area contributed by atoms with Crippen LogP contribution in [0.1, 0.15) is 25.4 Å². The second-order valence-electron chi connectivity index (χ2n) is 4.79. The normalized spacial score (nSPS) is 11.4. The fraction of sp³-hybridized carbons (Fsp3) is 0.583. The predicted octanol–water partition coefficient (Wildman–Crippen LogP) is 1.45. The van der Waals surface area contributed by atoms with Crippen LogP contribution in [-0.4, -0.2) is 29.4 Å².